The van der Waals surface area contributed by atoms with Gasteiger partial charge in [0.25, 0.3) is 5.69 Å². The van der Waals surface area contributed by atoms with E-state index in [1.165, 1.54) is 0 Å². The fraction of sp³-hybridized carbons (Fsp3) is 0.0465. The third-order valence-electron chi connectivity index (χ3n) is 9.53. The number of H-pyrrole nitrogens is 5. The first-order valence-electron chi connectivity index (χ1n) is 17.4. The highest BCUT2D eigenvalue weighted by Gasteiger charge is 2.24. The van der Waals surface area contributed by atoms with Gasteiger partial charge in [0.1, 0.15) is 11.4 Å². The smallest absolute Gasteiger partial charge is 0.303 e. The quantitative estimate of drug-likeness (QED) is 0.166. The van der Waals surface area contributed by atoms with E-state index in [0.29, 0.717) is 6.42 Å². The Morgan fingerprint density at radius 2 is 0.943 bits per heavy atom. The van der Waals surface area contributed by atoms with Crippen LogP contribution in [0.15, 0.2) is 122 Å². The Morgan fingerprint density at radius 1 is 0.547 bits per heavy atom. The van der Waals surface area contributed by atoms with Gasteiger partial charge in [-0.25, -0.2) is 24.9 Å². The van der Waals surface area contributed by atoms with E-state index < -0.39 is 5.97 Å². The largest absolute Gasteiger partial charge is 0.481 e. The van der Waals surface area contributed by atoms with Crippen molar-refractivity contribution in [1.29, 1.82) is 0 Å². The third-order valence-corrected chi connectivity index (χ3v) is 9.53. The van der Waals surface area contributed by atoms with Gasteiger partial charge in [-0.3, -0.25) is 4.79 Å². The van der Waals surface area contributed by atoms with E-state index in [4.69, 9.17) is 9.97 Å². The summed E-state index contributed by atoms with van der Waals surface area (Å²) in [4.78, 5) is 38.9. The first-order valence-corrected chi connectivity index (χ1v) is 17.4. The lowest BCUT2D eigenvalue weighted by atomic mass is 10.1. The van der Waals surface area contributed by atoms with Crippen LogP contribution >= 0.6 is 0 Å². The van der Waals surface area contributed by atoms with Crippen LogP contribution in [0.25, 0.3) is 85.4 Å². The highest BCUT2D eigenvalue weighted by molar-refractivity contribution is 5.99. The van der Waals surface area contributed by atoms with Crippen LogP contribution in [0.5, 0.6) is 0 Å². The van der Waals surface area contributed by atoms with Crippen molar-refractivity contribution >= 4 is 52.3 Å². The molecule has 0 aromatic carbocycles. The summed E-state index contributed by atoms with van der Waals surface area (Å²) in [5.41, 5.74) is 14.6. The zero-order chi connectivity index (χ0) is 35.7. The first kappa shape index (κ1) is 31.6. The number of carboxylic acid groups (broad SMARTS) is 1. The predicted molar refractivity (Wildman–Crippen MR) is 202 cm³/mol. The molecular formula is C43H34N8O2+4. The lowest BCUT2D eigenvalue weighted by Crippen LogP contribution is -2.31. The summed E-state index contributed by atoms with van der Waals surface area (Å²) in [6.45, 7) is 0. The number of carbonyl (C=O) groups is 1. The van der Waals surface area contributed by atoms with Crippen LogP contribution in [0.4, 0.5) is 0 Å². The SMILES string of the molecule is O=C(O)CCc1cc[n+](-c2c3nc(c(-c4cc[nH+]cc4)c4ccc([nH]4)c(-c4cc[nH+]cc4)c4ccc([nH]4)c(-c4cc[nH+]cc4)c4nc2C=C4)C=C3)cc1. The van der Waals surface area contributed by atoms with E-state index in [2.05, 4.69) is 97.7 Å². The maximum atomic E-state index is 11.3. The van der Waals surface area contributed by atoms with E-state index in [9.17, 15) is 9.90 Å². The average molecular weight is 695 g/mol. The van der Waals surface area contributed by atoms with Crippen LogP contribution in [0, 0.1) is 0 Å². The van der Waals surface area contributed by atoms with Crippen molar-refractivity contribution in [2.24, 2.45) is 0 Å². The molecule has 0 saturated carbocycles. The van der Waals surface area contributed by atoms with Crippen molar-refractivity contribution in [2.75, 3.05) is 0 Å². The van der Waals surface area contributed by atoms with Crippen molar-refractivity contribution in [2.45, 2.75) is 12.8 Å². The van der Waals surface area contributed by atoms with Crippen LogP contribution in [0.2, 0.25) is 0 Å². The summed E-state index contributed by atoms with van der Waals surface area (Å²) in [5, 5.41) is 9.25. The number of aromatic amines is 5. The Morgan fingerprint density at radius 3 is 1.38 bits per heavy atom. The van der Waals surface area contributed by atoms with E-state index >= 15 is 0 Å². The van der Waals surface area contributed by atoms with E-state index in [0.717, 1.165) is 89.5 Å². The van der Waals surface area contributed by atoms with E-state index in [-0.39, 0.29) is 6.42 Å². The molecule has 0 unspecified atom stereocenters. The first-order chi connectivity index (χ1) is 26.1. The standard InChI is InChI=1S/C43H30N8O2/c52-39(53)10-1-27-17-25-51(26-18-27)43-37-8-6-35(49-37)41(29-13-21-45-22-14-29)33-4-2-31(47-33)40(28-11-19-44-20-12-28)32-3-5-34(48-32)42(30-15-23-46-24-16-30)36-7-9-38(43)50-36/h2-9,11-26H,1,10H2,(H2-,44,45,46,47,48,49,50,52,53)/p+4. The zero-order valence-corrected chi connectivity index (χ0v) is 28.5. The van der Waals surface area contributed by atoms with Crippen LogP contribution in [0.3, 0.4) is 0 Å². The molecule has 2 aliphatic rings. The van der Waals surface area contributed by atoms with Gasteiger partial charge >= 0.3 is 5.97 Å². The maximum Gasteiger partial charge on any atom is 0.303 e. The fourth-order valence-electron chi connectivity index (χ4n) is 7.06. The lowest BCUT2D eigenvalue weighted by Gasteiger charge is -2.04. The molecule has 0 atom stereocenters. The summed E-state index contributed by atoms with van der Waals surface area (Å²) < 4.78 is 2.01. The number of aryl methyl sites for hydroxylation is 1. The molecule has 0 aliphatic carbocycles. The van der Waals surface area contributed by atoms with Crippen LogP contribution in [-0.4, -0.2) is 31.0 Å². The minimum atomic E-state index is -0.821. The van der Waals surface area contributed by atoms with Crippen LogP contribution in [0.1, 0.15) is 34.8 Å². The molecule has 10 nitrogen and oxygen atoms in total. The normalized spacial score (nSPS) is 11.9. The van der Waals surface area contributed by atoms with Gasteiger partial charge in [0, 0.05) is 93.7 Å². The van der Waals surface area contributed by atoms with Crippen molar-refractivity contribution in [3.05, 3.63) is 151 Å². The number of nitrogens with one attached hydrogen (secondary N) is 5. The van der Waals surface area contributed by atoms with Crippen molar-refractivity contribution < 1.29 is 29.4 Å². The summed E-state index contributed by atoms with van der Waals surface area (Å²) in [7, 11) is 0. The lowest BCUT2D eigenvalue weighted by molar-refractivity contribution is -0.596. The number of fused-ring (bicyclic) bond motifs is 8. The summed E-state index contributed by atoms with van der Waals surface area (Å²) in [5.74, 6) is -0.821. The van der Waals surface area contributed by atoms with Gasteiger partial charge in [-0.05, 0) is 77.2 Å². The molecule has 7 aromatic rings. The number of aliphatic carboxylic acids is 1. The molecule has 9 heterocycles. The van der Waals surface area contributed by atoms with Gasteiger partial charge in [0.2, 0.25) is 0 Å². The molecule has 7 aromatic heterocycles. The van der Waals surface area contributed by atoms with Crippen LogP contribution < -0.4 is 19.5 Å². The van der Waals surface area contributed by atoms with Crippen molar-refractivity contribution in [3.63, 3.8) is 0 Å². The summed E-state index contributed by atoms with van der Waals surface area (Å²) >= 11 is 0. The Bertz CT molecular complexity index is 2600. The summed E-state index contributed by atoms with van der Waals surface area (Å²) in [6.07, 6.45) is 24.1. The van der Waals surface area contributed by atoms with Crippen molar-refractivity contribution in [1.82, 2.24) is 19.9 Å². The number of nitrogens with zero attached hydrogens (tertiary/aromatic N) is 3. The molecule has 6 N–H and O–H groups in total. The minimum absolute atomic E-state index is 0.0674. The maximum absolute atomic E-state index is 11.3. The molecule has 254 valence electrons. The number of rotatable bonds is 7. The van der Waals surface area contributed by atoms with Gasteiger partial charge < -0.3 is 15.1 Å². The number of carboxylic acids is 1. The number of pyridine rings is 4. The molecule has 2 aliphatic heterocycles. The zero-order valence-electron chi connectivity index (χ0n) is 28.5. The monoisotopic (exact) mass is 694 g/mol. The second-order valence-electron chi connectivity index (χ2n) is 12.8. The highest BCUT2D eigenvalue weighted by atomic mass is 16.4. The van der Waals surface area contributed by atoms with Crippen molar-refractivity contribution in [3.8, 4) is 39.1 Å². The molecule has 9 rings (SSSR count). The average Bonchev–Trinajstić information content (AvgIpc) is 4.04. The summed E-state index contributed by atoms with van der Waals surface area (Å²) in [6, 6.07) is 24.8. The number of hydrogen-bond acceptors (Lipinski definition) is 3. The molecular weight excluding hydrogens is 661 g/mol. The molecule has 0 saturated heterocycles. The molecule has 53 heavy (non-hydrogen) atoms. The third kappa shape index (κ3) is 6.08. The van der Waals surface area contributed by atoms with Gasteiger partial charge in [0.05, 0.1) is 11.4 Å². The number of hydrogen-bond donors (Lipinski definition) is 3. The predicted octanol–water partition coefficient (Wildman–Crippen LogP) is 6.39. The Labute approximate surface area is 303 Å². The van der Waals surface area contributed by atoms with Gasteiger partial charge in [-0.1, -0.05) is 0 Å². The second-order valence-corrected chi connectivity index (χ2v) is 12.8. The van der Waals surface area contributed by atoms with E-state index in [1.54, 1.807) is 0 Å². The molecule has 0 radical (unpaired) electrons. The molecule has 0 spiro atoms. The minimum Gasteiger partial charge on any atom is -0.481 e. The Kier molecular flexibility index (Phi) is 8.01. The van der Waals surface area contributed by atoms with Crippen LogP contribution in [-0.2, 0) is 11.2 Å². The molecule has 0 fully saturated rings. The van der Waals surface area contributed by atoms with Gasteiger partial charge in [0.15, 0.2) is 49.6 Å². The molecule has 10 heteroatoms. The second kappa shape index (κ2) is 13.4. The highest BCUT2D eigenvalue weighted by Crippen LogP contribution is 2.36. The molecule has 0 amide bonds. The topological polar surface area (TPSA) is 141 Å². The Balaban J connectivity index is 1.41. The van der Waals surface area contributed by atoms with Gasteiger partial charge in [-0.15, -0.1) is 0 Å². The fourth-order valence-corrected chi connectivity index (χ4v) is 7.06. The molecule has 8 bridgehead atoms. The van der Waals surface area contributed by atoms with E-state index in [1.807, 2.05) is 78.4 Å². The Hall–Kier alpha value is -7.33. The van der Waals surface area contributed by atoms with Gasteiger partial charge in [-0.2, -0.15) is 4.57 Å². The number of aromatic nitrogens is 8.